The molecule has 0 aliphatic rings. The number of benzene rings is 1. The Morgan fingerprint density at radius 3 is 2.36 bits per heavy atom. The van der Waals surface area contributed by atoms with Gasteiger partial charge in [0, 0.05) is 12.0 Å². The van der Waals surface area contributed by atoms with E-state index in [0.717, 1.165) is 0 Å². The molecular formula is C10H9ClF2O. The Kier molecular flexibility index (Phi) is 4.01. The van der Waals surface area contributed by atoms with Crippen LogP contribution in [0, 0.1) is 0 Å². The number of hydrogen-bond donors (Lipinski definition) is 0. The van der Waals surface area contributed by atoms with E-state index in [9.17, 15) is 13.6 Å². The zero-order valence-corrected chi connectivity index (χ0v) is 8.05. The summed E-state index contributed by atoms with van der Waals surface area (Å²) >= 11 is 4.95. The lowest BCUT2D eigenvalue weighted by Gasteiger charge is -2.06. The van der Waals surface area contributed by atoms with Gasteiger partial charge in [-0.2, -0.15) is 0 Å². The van der Waals surface area contributed by atoms with E-state index in [4.69, 9.17) is 11.6 Å². The molecule has 2 unspecified atom stereocenters. The minimum atomic E-state index is -1.87. The van der Waals surface area contributed by atoms with Crippen LogP contribution in [0.25, 0.3) is 0 Å². The van der Waals surface area contributed by atoms with E-state index >= 15 is 0 Å². The van der Waals surface area contributed by atoms with Crippen LogP contribution in [0.3, 0.4) is 0 Å². The summed E-state index contributed by atoms with van der Waals surface area (Å²) in [5.41, 5.74) is -1.59. The van der Waals surface area contributed by atoms with Gasteiger partial charge in [0.05, 0.1) is 0 Å². The van der Waals surface area contributed by atoms with Crippen LogP contribution in [0.5, 0.6) is 0 Å². The van der Waals surface area contributed by atoms with Gasteiger partial charge < -0.3 is 0 Å². The Labute approximate surface area is 85.7 Å². The number of ketones is 1. The summed E-state index contributed by atoms with van der Waals surface area (Å²) in [6.45, 7) is 0. The summed E-state index contributed by atoms with van der Waals surface area (Å²) in [6.07, 6.45) is -2.47. The third-order valence-corrected chi connectivity index (χ3v) is 1.91. The van der Waals surface area contributed by atoms with E-state index in [-0.39, 0.29) is 5.56 Å². The number of halogens is 3. The fraction of sp³-hybridized carbons (Fsp3) is 0.300. The first-order chi connectivity index (χ1) is 6.61. The molecule has 76 valence electrons. The smallest absolute Gasteiger partial charge is 0.197 e. The quantitative estimate of drug-likeness (QED) is 0.561. The normalized spacial score (nSPS) is 14.8. The van der Waals surface area contributed by atoms with Gasteiger partial charge in [0.15, 0.2) is 17.6 Å². The molecule has 0 spiro atoms. The Hall–Kier alpha value is -0.960. The highest BCUT2D eigenvalue weighted by Gasteiger charge is 2.21. The largest absolute Gasteiger partial charge is 0.291 e. The van der Waals surface area contributed by atoms with E-state index in [0.29, 0.717) is 0 Å². The predicted molar refractivity (Wildman–Crippen MR) is 51.0 cm³/mol. The van der Waals surface area contributed by atoms with Crippen molar-refractivity contribution in [2.24, 2.45) is 0 Å². The molecule has 1 aromatic rings. The van der Waals surface area contributed by atoms with E-state index in [1.807, 2.05) is 0 Å². The topological polar surface area (TPSA) is 17.1 Å². The second-order valence-corrected chi connectivity index (χ2v) is 3.30. The van der Waals surface area contributed by atoms with Crippen LogP contribution >= 0.6 is 11.6 Å². The molecule has 14 heavy (non-hydrogen) atoms. The maximum Gasteiger partial charge on any atom is 0.197 e. The SMILES string of the molecule is O=C(c1ccccc1)C(F)CC(F)Cl. The standard InChI is InChI=1S/C10H9ClF2O/c11-9(13)6-8(12)10(14)7-4-2-1-3-5-7/h1-5,8-9H,6H2. The minimum Gasteiger partial charge on any atom is -0.291 e. The average Bonchev–Trinajstić information content (AvgIpc) is 2.17. The number of carbonyl (C=O) groups is 1. The molecule has 1 rings (SSSR count). The third kappa shape index (κ3) is 3.07. The van der Waals surface area contributed by atoms with Crippen molar-refractivity contribution >= 4 is 17.4 Å². The Balaban J connectivity index is 2.66. The molecule has 0 aliphatic carbocycles. The first-order valence-corrected chi connectivity index (χ1v) is 4.56. The average molecular weight is 219 g/mol. The van der Waals surface area contributed by atoms with Gasteiger partial charge in [-0.1, -0.05) is 41.9 Å². The number of hydrogen-bond acceptors (Lipinski definition) is 1. The van der Waals surface area contributed by atoms with Gasteiger partial charge in [-0.05, 0) is 0 Å². The fourth-order valence-corrected chi connectivity index (χ4v) is 1.20. The van der Waals surface area contributed by atoms with Crippen LogP contribution in [-0.2, 0) is 0 Å². The Bertz CT molecular complexity index is 300. The van der Waals surface area contributed by atoms with Gasteiger partial charge in [0.1, 0.15) is 0 Å². The monoisotopic (exact) mass is 218 g/mol. The van der Waals surface area contributed by atoms with Crippen LogP contribution in [0.1, 0.15) is 16.8 Å². The molecule has 0 bridgehead atoms. The molecule has 0 amide bonds. The van der Waals surface area contributed by atoms with Crippen molar-refractivity contribution in [1.82, 2.24) is 0 Å². The van der Waals surface area contributed by atoms with Gasteiger partial charge in [-0.25, -0.2) is 8.78 Å². The number of rotatable bonds is 4. The zero-order chi connectivity index (χ0) is 10.6. The summed E-state index contributed by atoms with van der Waals surface area (Å²) in [4.78, 5) is 11.3. The third-order valence-electron chi connectivity index (χ3n) is 1.73. The van der Waals surface area contributed by atoms with Gasteiger partial charge >= 0.3 is 0 Å². The molecule has 1 aromatic carbocycles. The lowest BCUT2D eigenvalue weighted by Crippen LogP contribution is -2.18. The summed E-state index contributed by atoms with van der Waals surface area (Å²) in [6, 6.07) is 7.91. The summed E-state index contributed by atoms with van der Waals surface area (Å²) in [5, 5.41) is 0. The second kappa shape index (κ2) is 5.05. The van der Waals surface area contributed by atoms with Gasteiger partial charge in [0.25, 0.3) is 0 Å². The van der Waals surface area contributed by atoms with Gasteiger partial charge in [-0.15, -0.1) is 0 Å². The van der Waals surface area contributed by atoms with Crippen LogP contribution in [0.4, 0.5) is 8.78 Å². The van der Waals surface area contributed by atoms with Crippen molar-refractivity contribution in [3.05, 3.63) is 35.9 Å². The van der Waals surface area contributed by atoms with E-state index < -0.39 is 24.0 Å². The Morgan fingerprint density at radius 1 is 1.29 bits per heavy atom. The van der Waals surface area contributed by atoms with Crippen LogP contribution < -0.4 is 0 Å². The first kappa shape index (κ1) is 11.1. The van der Waals surface area contributed by atoms with Crippen molar-refractivity contribution in [3.8, 4) is 0 Å². The summed E-state index contributed by atoms with van der Waals surface area (Å²) < 4.78 is 25.3. The molecule has 0 fully saturated rings. The van der Waals surface area contributed by atoms with Crippen molar-refractivity contribution < 1.29 is 13.6 Å². The molecule has 0 radical (unpaired) electrons. The molecule has 1 nitrogen and oxygen atoms in total. The molecule has 0 saturated carbocycles. The maximum absolute atomic E-state index is 13.1. The van der Waals surface area contributed by atoms with Crippen molar-refractivity contribution in [2.75, 3.05) is 0 Å². The molecule has 0 aromatic heterocycles. The van der Waals surface area contributed by atoms with E-state index in [2.05, 4.69) is 0 Å². The molecular weight excluding hydrogens is 210 g/mol. The predicted octanol–water partition coefficient (Wildman–Crippen LogP) is 3.13. The van der Waals surface area contributed by atoms with Crippen molar-refractivity contribution in [1.29, 1.82) is 0 Å². The molecule has 4 heteroatoms. The van der Waals surface area contributed by atoms with Crippen LogP contribution in [0.15, 0.2) is 30.3 Å². The summed E-state index contributed by atoms with van der Waals surface area (Å²) in [5.74, 6) is -0.728. The lowest BCUT2D eigenvalue weighted by atomic mass is 10.1. The highest BCUT2D eigenvalue weighted by Crippen LogP contribution is 2.14. The van der Waals surface area contributed by atoms with Crippen LogP contribution in [-0.4, -0.2) is 17.6 Å². The number of carbonyl (C=O) groups excluding carboxylic acids is 1. The highest BCUT2D eigenvalue weighted by atomic mass is 35.5. The zero-order valence-electron chi connectivity index (χ0n) is 7.29. The first-order valence-electron chi connectivity index (χ1n) is 4.12. The molecule has 0 aliphatic heterocycles. The van der Waals surface area contributed by atoms with Gasteiger partial charge in [-0.3, -0.25) is 4.79 Å². The molecule has 0 heterocycles. The van der Waals surface area contributed by atoms with E-state index in [1.165, 1.54) is 12.1 Å². The second-order valence-electron chi connectivity index (χ2n) is 2.82. The highest BCUT2D eigenvalue weighted by molar-refractivity contribution is 6.19. The molecule has 2 atom stereocenters. The maximum atomic E-state index is 13.1. The minimum absolute atomic E-state index is 0.234. The fourth-order valence-electron chi connectivity index (χ4n) is 1.05. The molecule has 0 saturated heterocycles. The number of alkyl halides is 3. The Morgan fingerprint density at radius 2 is 1.86 bits per heavy atom. The van der Waals surface area contributed by atoms with Crippen molar-refractivity contribution in [3.63, 3.8) is 0 Å². The summed E-state index contributed by atoms with van der Waals surface area (Å²) in [7, 11) is 0. The molecule has 0 N–H and O–H groups in total. The van der Waals surface area contributed by atoms with E-state index in [1.54, 1.807) is 18.2 Å². The lowest BCUT2D eigenvalue weighted by molar-refractivity contribution is 0.0854. The number of Topliss-reactive ketones (excluding diaryl/α,β-unsaturated/α-hetero) is 1. The van der Waals surface area contributed by atoms with Crippen molar-refractivity contribution in [2.45, 2.75) is 18.2 Å². The van der Waals surface area contributed by atoms with Crippen LogP contribution in [0.2, 0.25) is 0 Å². The van der Waals surface area contributed by atoms with Gasteiger partial charge in [0.2, 0.25) is 0 Å².